The number of likely N-dealkylation sites (tertiary alicyclic amines) is 1. The number of alkyl halides is 3. The minimum atomic E-state index is -4.47. The normalized spacial score (nSPS) is 16.8. The number of carbonyl (C=O) groups excluding carboxylic acids is 2. The summed E-state index contributed by atoms with van der Waals surface area (Å²) in [5.74, 6) is -0.519. The van der Waals surface area contributed by atoms with Gasteiger partial charge in [-0.3, -0.25) is 9.59 Å². The van der Waals surface area contributed by atoms with Crippen molar-refractivity contribution in [3.05, 3.63) is 47.3 Å². The Labute approximate surface area is 177 Å². The molecule has 1 fully saturated rings. The summed E-state index contributed by atoms with van der Waals surface area (Å²) in [5, 5.41) is 3.77. The highest BCUT2D eigenvalue weighted by Gasteiger charge is 2.32. The zero-order valence-corrected chi connectivity index (χ0v) is 17.0. The molecule has 3 rings (SSSR count). The van der Waals surface area contributed by atoms with Gasteiger partial charge in [0.25, 0.3) is 5.91 Å². The van der Waals surface area contributed by atoms with E-state index in [1.165, 1.54) is 18.2 Å². The number of hydrogen-bond acceptors (Lipinski definition) is 6. The van der Waals surface area contributed by atoms with Crippen LogP contribution in [0, 0.1) is 0 Å². The van der Waals surface area contributed by atoms with E-state index in [9.17, 15) is 22.8 Å². The molecule has 168 valence electrons. The van der Waals surface area contributed by atoms with Crippen LogP contribution >= 0.6 is 0 Å². The summed E-state index contributed by atoms with van der Waals surface area (Å²) in [4.78, 5) is 26.3. The van der Waals surface area contributed by atoms with Gasteiger partial charge in [-0.1, -0.05) is 11.2 Å². The van der Waals surface area contributed by atoms with Crippen molar-refractivity contribution >= 4 is 11.9 Å². The molecule has 0 aliphatic carbocycles. The minimum Gasteiger partial charge on any atom is -0.486 e. The van der Waals surface area contributed by atoms with Gasteiger partial charge in [0.15, 0.2) is 11.5 Å². The first kappa shape index (κ1) is 22.6. The van der Waals surface area contributed by atoms with Crippen molar-refractivity contribution in [1.82, 2.24) is 10.1 Å². The van der Waals surface area contributed by atoms with Crippen LogP contribution in [0.1, 0.15) is 54.4 Å². The molecule has 7 nitrogen and oxygen atoms in total. The van der Waals surface area contributed by atoms with Crippen molar-refractivity contribution in [2.75, 3.05) is 13.2 Å². The van der Waals surface area contributed by atoms with Crippen LogP contribution in [0.5, 0.6) is 5.75 Å². The Balaban J connectivity index is 1.63. The van der Waals surface area contributed by atoms with E-state index in [0.717, 1.165) is 25.0 Å². The summed E-state index contributed by atoms with van der Waals surface area (Å²) in [6, 6.07) is 5.59. The molecule has 1 atom stereocenters. The zero-order chi connectivity index (χ0) is 22.4. The predicted molar refractivity (Wildman–Crippen MR) is 102 cm³/mol. The van der Waals surface area contributed by atoms with Gasteiger partial charge in [0.1, 0.15) is 12.4 Å². The van der Waals surface area contributed by atoms with Gasteiger partial charge in [0, 0.05) is 18.7 Å². The standard InChI is InChI=1S/C21H23F3N2O5/c1-2-29-19(27)11-15-7-3-4-9-26(15)20(28)18-12-17(31-25-18)13-30-16-8-5-6-14(10-16)21(22,23)24/h5-6,8,10,12,15H,2-4,7,9,11,13H2,1H3/t15-/m0/s1. The molecule has 31 heavy (non-hydrogen) atoms. The molecule has 1 amide bonds. The Bertz CT molecular complexity index is 912. The number of nitrogens with zero attached hydrogens (tertiary/aromatic N) is 2. The first-order valence-electron chi connectivity index (χ1n) is 10.00. The lowest BCUT2D eigenvalue weighted by atomic mass is 9.99. The van der Waals surface area contributed by atoms with Gasteiger partial charge in [0.05, 0.1) is 18.6 Å². The first-order valence-corrected chi connectivity index (χ1v) is 10.00. The van der Waals surface area contributed by atoms with E-state index in [-0.39, 0.29) is 54.8 Å². The highest BCUT2D eigenvalue weighted by molar-refractivity contribution is 5.92. The van der Waals surface area contributed by atoms with Gasteiger partial charge in [-0.25, -0.2) is 0 Å². The van der Waals surface area contributed by atoms with Crippen molar-refractivity contribution in [1.29, 1.82) is 0 Å². The third-order valence-electron chi connectivity index (χ3n) is 4.92. The van der Waals surface area contributed by atoms with Crippen LogP contribution in [-0.4, -0.2) is 41.1 Å². The number of halogens is 3. The van der Waals surface area contributed by atoms with E-state index in [1.54, 1.807) is 11.8 Å². The zero-order valence-electron chi connectivity index (χ0n) is 17.0. The highest BCUT2D eigenvalue weighted by atomic mass is 19.4. The molecule has 0 spiro atoms. The molecule has 1 aliphatic heterocycles. The molecule has 0 unspecified atom stereocenters. The molecule has 0 N–H and O–H groups in total. The maximum absolute atomic E-state index is 12.9. The summed E-state index contributed by atoms with van der Waals surface area (Å²) in [7, 11) is 0. The number of amides is 1. The van der Waals surface area contributed by atoms with Crippen LogP contribution in [0.2, 0.25) is 0 Å². The predicted octanol–water partition coefficient (Wildman–Crippen LogP) is 4.22. The SMILES string of the molecule is CCOC(=O)C[C@@H]1CCCCN1C(=O)c1cc(COc2cccc(C(F)(F)F)c2)on1. The summed E-state index contributed by atoms with van der Waals surface area (Å²) in [5.41, 5.74) is -0.769. The van der Waals surface area contributed by atoms with Crippen LogP contribution in [0.4, 0.5) is 13.2 Å². The maximum Gasteiger partial charge on any atom is 0.416 e. The average molecular weight is 440 g/mol. The van der Waals surface area contributed by atoms with Crippen molar-refractivity contribution in [3.63, 3.8) is 0 Å². The van der Waals surface area contributed by atoms with Crippen LogP contribution in [0.3, 0.4) is 0 Å². The van der Waals surface area contributed by atoms with Crippen molar-refractivity contribution in [2.24, 2.45) is 0 Å². The molecule has 1 saturated heterocycles. The second-order valence-electron chi connectivity index (χ2n) is 7.15. The van der Waals surface area contributed by atoms with E-state index in [4.69, 9.17) is 14.0 Å². The van der Waals surface area contributed by atoms with E-state index in [1.807, 2.05) is 0 Å². The van der Waals surface area contributed by atoms with Gasteiger partial charge in [0.2, 0.25) is 0 Å². The largest absolute Gasteiger partial charge is 0.486 e. The van der Waals surface area contributed by atoms with E-state index in [2.05, 4.69) is 5.16 Å². The Morgan fingerprint density at radius 1 is 1.26 bits per heavy atom. The molecule has 1 aromatic heterocycles. The van der Waals surface area contributed by atoms with Gasteiger partial charge in [-0.2, -0.15) is 13.2 Å². The molecule has 10 heteroatoms. The minimum absolute atomic E-state index is 0.0182. The molecule has 1 aliphatic rings. The fraction of sp³-hybridized carbons (Fsp3) is 0.476. The molecule has 2 aromatic rings. The number of benzene rings is 1. The van der Waals surface area contributed by atoms with Crippen LogP contribution < -0.4 is 4.74 Å². The molecule has 1 aromatic carbocycles. The summed E-state index contributed by atoms with van der Waals surface area (Å²) in [6.45, 7) is 2.30. The van der Waals surface area contributed by atoms with Gasteiger partial charge >= 0.3 is 12.1 Å². The fourth-order valence-electron chi connectivity index (χ4n) is 3.44. The Hall–Kier alpha value is -3.04. The van der Waals surface area contributed by atoms with Crippen molar-refractivity contribution < 1.29 is 36.8 Å². The van der Waals surface area contributed by atoms with Crippen LogP contribution in [0.15, 0.2) is 34.9 Å². The molecule has 0 saturated carbocycles. The monoisotopic (exact) mass is 440 g/mol. The average Bonchev–Trinajstić information content (AvgIpc) is 3.21. The Kier molecular flexibility index (Phi) is 7.19. The smallest absolute Gasteiger partial charge is 0.416 e. The second-order valence-corrected chi connectivity index (χ2v) is 7.15. The molecule has 2 heterocycles. The summed E-state index contributed by atoms with van der Waals surface area (Å²) < 4.78 is 53.8. The molecule has 0 radical (unpaired) electrons. The second kappa shape index (κ2) is 9.84. The fourth-order valence-corrected chi connectivity index (χ4v) is 3.44. The van der Waals surface area contributed by atoms with Crippen molar-refractivity contribution in [3.8, 4) is 5.75 Å². The van der Waals surface area contributed by atoms with Gasteiger partial charge in [-0.05, 0) is 44.4 Å². The maximum atomic E-state index is 12.9. The van der Waals surface area contributed by atoms with Gasteiger partial charge in [-0.15, -0.1) is 0 Å². The molecule has 0 bridgehead atoms. The third kappa shape index (κ3) is 5.99. The van der Waals surface area contributed by atoms with E-state index < -0.39 is 11.7 Å². The Morgan fingerprint density at radius 2 is 2.06 bits per heavy atom. The topological polar surface area (TPSA) is 81.9 Å². The van der Waals surface area contributed by atoms with E-state index in [0.29, 0.717) is 13.0 Å². The number of ether oxygens (including phenoxy) is 2. The lowest BCUT2D eigenvalue weighted by Gasteiger charge is -2.34. The number of aromatic nitrogens is 1. The molecular formula is C21H23F3N2O5. The third-order valence-corrected chi connectivity index (χ3v) is 4.92. The highest BCUT2D eigenvalue weighted by Crippen LogP contribution is 2.31. The lowest BCUT2D eigenvalue weighted by molar-refractivity contribution is -0.144. The van der Waals surface area contributed by atoms with Crippen molar-refractivity contribution in [2.45, 2.75) is 51.4 Å². The first-order chi connectivity index (χ1) is 14.8. The number of carbonyl (C=O) groups is 2. The van der Waals surface area contributed by atoms with Crippen LogP contribution in [-0.2, 0) is 22.3 Å². The summed E-state index contributed by atoms with van der Waals surface area (Å²) >= 11 is 0. The quantitative estimate of drug-likeness (QED) is 0.600. The number of rotatable bonds is 7. The van der Waals surface area contributed by atoms with E-state index >= 15 is 0 Å². The lowest BCUT2D eigenvalue weighted by Crippen LogP contribution is -2.45. The number of piperidine rings is 1. The van der Waals surface area contributed by atoms with Crippen LogP contribution in [0.25, 0.3) is 0 Å². The number of hydrogen-bond donors (Lipinski definition) is 0. The number of esters is 1. The Morgan fingerprint density at radius 3 is 2.81 bits per heavy atom. The summed E-state index contributed by atoms with van der Waals surface area (Å²) in [6.07, 6.45) is -1.95. The van der Waals surface area contributed by atoms with Gasteiger partial charge < -0.3 is 18.9 Å². The molecular weight excluding hydrogens is 417 g/mol.